The van der Waals surface area contributed by atoms with Crippen LogP contribution in [0.3, 0.4) is 0 Å². The SMILES string of the molecule is CC(C)c1cccc(C(C)C)c1NC(=O)NC(Nc1ccccc1-c1cccnc1)C1CCCC1. The molecular formula is C30H38N4O. The molecule has 35 heavy (non-hydrogen) atoms. The number of rotatable bonds is 8. The van der Waals surface area contributed by atoms with Crippen molar-refractivity contribution >= 4 is 17.4 Å². The first-order chi connectivity index (χ1) is 16.9. The third kappa shape index (κ3) is 6.02. The smallest absolute Gasteiger partial charge is 0.320 e. The van der Waals surface area contributed by atoms with E-state index in [1.165, 1.54) is 24.0 Å². The second kappa shape index (κ2) is 11.4. The van der Waals surface area contributed by atoms with E-state index in [9.17, 15) is 4.79 Å². The first kappa shape index (κ1) is 24.8. The Morgan fingerprint density at radius 1 is 0.886 bits per heavy atom. The van der Waals surface area contributed by atoms with Gasteiger partial charge in [-0.25, -0.2) is 4.79 Å². The number of urea groups is 1. The molecule has 184 valence electrons. The summed E-state index contributed by atoms with van der Waals surface area (Å²) in [5.74, 6) is 1.02. The van der Waals surface area contributed by atoms with Gasteiger partial charge in [0, 0.05) is 34.9 Å². The van der Waals surface area contributed by atoms with Crippen LogP contribution in [-0.4, -0.2) is 17.2 Å². The molecular weight excluding hydrogens is 432 g/mol. The Kier molecular flexibility index (Phi) is 8.06. The molecule has 1 unspecified atom stereocenters. The summed E-state index contributed by atoms with van der Waals surface area (Å²) in [6, 6.07) is 18.4. The Morgan fingerprint density at radius 2 is 1.57 bits per heavy atom. The van der Waals surface area contributed by atoms with Gasteiger partial charge in [-0.05, 0) is 53.9 Å². The lowest BCUT2D eigenvalue weighted by Gasteiger charge is -2.29. The number of hydrogen-bond donors (Lipinski definition) is 3. The number of amides is 2. The molecule has 0 aliphatic heterocycles. The summed E-state index contributed by atoms with van der Waals surface area (Å²) in [4.78, 5) is 17.7. The molecule has 2 amide bonds. The maximum absolute atomic E-state index is 13.4. The average molecular weight is 471 g/mol. The van der Waals surface area contributed by atoms with Gasteiger partial charge in [0.25, 0.3) is 0 Å². The van der Waals surface area contributed by atoms with Gasteiger partial charge < -0.3 is 16.0 Å². The lowest BCUT2D eigenvalue weighted by molar-refractivity contribution is 0.245. The predicted molar refractivity (Wildman–Crippen MR) is 146 cm³/mol. The lowest BCUT2D eigenvalue weighted by Crippen LogP contribution is -2.47. The Balaban J connectivity index is 1.59. The topological polar surface area (TPSA) is 66.1 Å². The monoisotopic (exact) mass is 470 g/mol. The van der Waals surface area contributed by atoms with Crippen LogP contribution < -0.4 is 16.0 Å². The molecule has 0 bridgehead atoms. The number of pyridine rings is 1. The Hall–Kier alpha value is -3.34. The number of para-hydroxylation sites is 2. The van der Waals surface area contributed by atoms with Gasteiger partial charge in [-0.2, -0.15) is 0 Å². The molecule has 2 aromatic carbocycles. The number of carbonyl (C=O) groups is 1. The van der Waals surface area contributed by atoms with Gasteiger partial charge >= 0.3 is 6.03 Å². The number of aromatic nitrogens is 1. The minimum atomic E-state index is -0.164. The summed E-state index contributed by atoms with van der Waals surface area (Å²) in [6.45, 7) is 8.67. The van der Waals surface area contributed by atoms with Crippen molar-refractivity contribution in [3.8, 4) is 11.1 Å². The maximum Gasteiger partial charge on any atom is 0.320 e. The van der Waals surface area contributed by atoms with Crippen LogP contribution in [0.15, 0.2) is 67.0 Å². The summed E-state index contributed by atoms with van der Waals surface area (Å²) in [5.41, 5.74) is 6.41. The van der Waals surface area contributed by atoms with E-state index >= 15 is 0 Å². The molecule has 0 saturated heterocycles. The van der Waals surface area contributed by atoms with Crippen molar-refractivity contribution in [2.24, 2.45) is 5.92 Å². The van der Waals surface area contributed by atoms with E-state index in [0.717, 1.165) is 35.3 Å². The highest BCUT2D eigenvalue weighted by molar-refractivity contribution is 5.92. The first-order valence-corrected chi connectivity index (χ1v) is 12.9. The summed E-state index contributed by atoms with van der Waals surface area (Å²) in [7, 11) is 0. The predicted octanol–water partition coefficient (Wildman–Crippen LogP) is 7.75. The van der Waals surface area contributed by atoms with Crippen molar-refractivity contribution in [1.29, 1.82) is 0 Å². The Labute approximate surface area is 209 Å². The number of carbonyl (C=O) groups excluding carboxylic acids is 1. The normalized spacial score (nSPS) is 14.8. The molecule has 1 fully saturated rings. The van der Waals surface area contributed by atoms with E-state index < -0.39 is 0 Å². The van der Waals surface area contributed by atoms with Crippen LogP contribution in [-0.2, 0) is 0 Å². The Morgan fingerprint density at radius 3 is 2.20 bits per heavy atom. The molecule has 1 saturated carbocycles. The standard InChI is InChI=1S/C30H38N4O/c1-20(2)24-15-9-16-25(21(3)4)28(24)33-30(35)34-29(22-11-5-6-12-22)32-27-17-8-7-14-26(27)23-13-10-18-31-19-23/h7-10,13-22,29,32H,5-6,11-12H2,1-4H3,(H2,33,34,35). The maximum atomic E-state index is 13.4. The third-order valence-electron chi connectivity index (χ3n) is 6.98. The summed E-state index contributed by atoms with van der Waals surface area (Å²) in [6.07, 6.45) is 8.10. The fraction of sp³-hybridized carbons (Fsp3) is 0.400. The zero-order valence-corrected chi connectivity index (χ0v) is 21.3. The van der Waals surface area contributed by atoms with Crippen LogP contribution in [0.4, 0.5) is 16.2 Å². The molecule has 1 aliphatic rings. The van der Waals surface area contributed by atoms with Crippen LogP contribution in [0.25, 0.3) is 11.1 Å². The first-order valence-electron chi connectivity index (χ1n) is 12.9. The third-order valence-corrected chi connectivity index (χ3v) is 6.98. The summed E-state index contributed by atoms with van der Waals surface area (Å²) < 4.78 is 0. The van der Waals surface area contributed by atoms with E-state index in [1.54, 1.807) is 6.20 Å². The van der Waals surface area contributed by atoms with Crippen LogP contribution >= 0.6 is 0 Å². The molecule has 1 atom stereocenters. The molecule has 3 aromatic rings. The van der Waals surface area contributed by atoms with Crippen molar-refractivity contribution in [3.05, 3.63) is 78.1 Å². The highest BCUT2D eigenvalue weighted by Gasteiger charge is 2.28. The van der Waals surface area contributed by atoms with E-state index in [0.29, 0.717) is 17.8 Å². The Bertz CT molecular complexity index is 1090. The second-order valence-electron chi connectivity index (χ2n) is 10.2. The molecule has 1 aromatic heterocycles. The second-order valence-corrected chi connectivity index (χ2v) is 10.2. The van der Waals surface area contributed by atoms with Crippen molar-refractivity contribution < 1.29 is 4.79 Å². The quantitative estimate of drug-likeness (QED) is 0.295. The van der Waals surface area contributed by atoms with Crippen molar-refractivity contribution in [1.82, 2.24) is 10.3 Å². The highest BCUT2D eigenvalue weighted by Crippen LogP contribution is 2.34. The molecule has 1 aliphatic carbocycles. The molecule has 0 radical (unpaired) electrons. The molecule has 5 nitrogen and oxygen atoms in total. The van der Waals surface area contributed by atoms with Crippen LogP contribution in [0.2, 0.25) is 0 Å². The van der Waals surface area contributed by atoms with Crippen molar-refractivity contribution in [3.63, 3.8) is 0 Å². The molecule has 1 heterocycles. The van der Waals surface area contributed by atoms with Gasteiger partial charge in [0.1, 0.15) is 6.17 Å². The van der Waals surface area contributed by atoms with E-state index in [-0.39, 0.29) is 12.2 Å². The number of hydrogen-bond acceptors (Lipinski definition) is 3. The minimum Gasteiger partial charge on any atom is -0.365 e. The van der Waals surface area contributed by atoms with Crippen LogP contribution in [0.1, 0.15) is 76.3 Å². The minimum absolute atomic E-state index is 0.163. The number of nitrogens with one attached hydrogen (secondary N) is 3. The van der Waals surface area contributed by atoms with E-state index in [4.69, 9.17) is 0 Å². The number of benzene rings is 2. The molecule has 0 spiro atoms. The molecule has 4 rings (SSSR count). The highest BCUT2D eigenvalue weighted by atomic mass is 16.2. The van der Waals surface area contributed by atoms with Gasteiger partial charge in [-0.3, -0.25) is 4.98 Å². The van der Waals surface area contributed by atoms with Crippen LogP contribution in [0.5, 0.6) is 0 Å². The van der Waals surface area contributed by atoms with Gasteiger partial charge in [-0.15, -0.1) is 0 Å². The van der Waals surface area contributed by atoms with Gasteiger partial charge in [-0.1, -0.05) is 83.0 Å². The fourth-order valence-electron chi connectivity index (χ4n) is 5.10. The van der Waals surface area contributed by atoms with Crippen molar-refractivity contribution in [2.75, 3.05) is 10.6 Å². The molecule has 5 heteroatoms. The largest absolute Gasteiger partial charge is 0.365 e. The van der Waals surface area contributed by atoms with Crippen LogP contribution in [0, 0.1) is 5.92 Å². The van der Waals surface area contributed by atoms with E-state index in [2.05, 4.69) is 85.0 Å². The summed E-state index contributed by atoms with van der Waals surface area (Å²) in [5, 5.41) is 10.2. The van der Waals surface area contributed by atoms with E-state index in [1.807, 2.05) is 24.4 Å². The summed E-state index contributed by atoms with van der Waals surface area (Å²) >= 11 is 0. The average Bonchev–Trinajstić information content (AvgIpc) is 3.39. The zero-order valence-electron chi connectivity index (χ0n) is 21.3. The van der Waals surface area contributed by atoms with Gasteiger partial charge in [0.05, 0.1) is 0 Å². The zero-order chi connectivity index (χ0) is 24.8. The number of anilines is 2. The van der Waals surface area contributed by atoms with Gasteiger partial charge in [0.2, 0.25) is 0 Å². The fourth-order valence-corrected chi connectivity index (χ4v) is 5.10. The molecule has 3 N–H and O–H groups in total. The van der Waals surface area contributed by atoms with Crippen molar-refractivity contribution in [2.45, 2.75) is 71.4 Å². The van der Waals surface area contributed by atoms with Gasteiger partial charge in [0.15, 0.2) is 0 Å². The number of nitrogens with zero attached hydrogens (tertiary/aromatic N) is 1. The lowest BCUT2D eigenvalue weighted by atomic mass is 9.93.